The number of unbranched alkanes of at least 4 members (excludes halogenated alkanes) is 1. The van der Waals surface area contributed by atoms with Gasteiger partial charge >= 0.3 is 5.97 Å². The lowest BCUT2D eigenvalue weighted by atomic mass is 9.75. The quantitative estimate of drug-likeness (QED) is 0.664. The number of likely N-dealkylation sites (tertiary alicyclic amines) is 1. The van der Waals surface area contributed by atoms with Crippen molar-refractivity contribution < 1.29 is 19.5 Å². The number of carbonyl (C=O) groups is 3. The molecule has 2 aliphatic heterocycles. The van der Waals surface area contributed by atoms with Gasteiger partial charge in [0.2, 0.25) is 11.8 Å². The molecule has 0 radical (unpaired) electrons. The van der Waals surface area contributed by atoms with Crippen LogP contribution in [0.3, 0.4) is 0 Å². The Kier molecular flexibility index (Phi) is 5.60. The summed E-state index contributed by atoms with van der Waals surface area (Å²) in [5.41, 5.74) is -0.609. The minimum atomic E-state index is -1.46. The lowest BCUT2D eigenvalue weighted by molar-refractivity contribution is -0.152. The molecule has 0 aromatic heterocycles. The molecule has 0 bridgehead atoms. The van der Waals surface area contributed by atoms with Gasteiger partial charge in [-0.25, -0.2) is 0 Å². The summed E-state index contributed by atoms with van der Waals surface area (Å²) < 4.78 is 0. The van der Waals surface area contributed by atoms with Gasteiger partial charge in [-0.05, 0) is 41.2 Å². The van der Waals surface area contributed by atoms with Crippen molar-refractivity contribution in [3.63, 3.8) is 0 Å². The van der Waals surface area contributed by atoms with E-state index in [-0.39, 0.29) is 24.2 Å². The van der Waals surface area contributed by atoms with E-state index in [1.165, 1.54) is 4.90 Å². The highest BCUT2D eigenvalue weighted by molar-refractivity contribution is 6.09. The molecule has 6 heteroatoms. The summed E-state index contributed by atoms with van der Waals surface area (Å²) in [5, 5.41) is 15.7. The van der Waals surface area contributed by atoms with Crippen LogP contribution in [0.15, 0.2) is 42.5 Å². The van der Waals surface area contributed by atoms with Gasteiger partial charge in [-0.1, -0.05) is 63.6 Å². The van der Waals surface area contributed by atoms with Crippen LogP contribution < -0.4 is 5.32 Å². The molecule has 4 unspecified atom stereocenters. The molecule has 2 aliphatic rings. The zero-order valence-electron chi connectivity index (χ0n) is 18.3. The highest BCUT2D eigenvalue weighted by Gasteiger charge is 2.68. The molecule has 0 spiro atoms. The average Bonchev–Trinajstić information content (AvgIpc) is 3.20. The second-order valence-electron chi connectivity index (χ2n) is 9.29. The Morgan fingerprint density at radius 2 is 1.84 bits per heavy atom. The number of carboxylic acids is 1. The maximum absolute atomic E-state index is 13.4. The zero-order chi connectivity index (χ0) is 22.3. The first-order chi connectivity index (χ1) is 14.8. The van der Waals surface area contributed by atoms with Crippen molar-refractivity contribution in [1.82, 2.24) is 10.2 Å². The number of amides is 2. The van der Waals surface area contributed by atoms with Crippen LogP contribution in [0.25, 0.3) is 10.8 Å². The lowest BCUT2D eigenvalue weighted by Gasteiger charge is -2.32. The van der Waals surface area contributed by atoms with E-state index in [1.807, 2.05) is 63.2 Å². The van der Waals surface area contributed by atoms with Crippen molar-refractivity contribution in [2.45, 2.75) is 51.6 Å². The first-order valence-corrected chi connectivity index (χ1v) is 11.1. The second-order valence-corrected chi connectivity index (χ2v) is 9.29. The number of carbonyl (C=O) groups excluding carboxylic acids is 2. The molecule has 2 amide bonds. The lowest BCUT2D eigenvalue weighted by Crippen LogP contribution is -2.56. The summed E-state index contributed by atoms with van der Waals surface area (Å²) in [6, 6.07) is 13.3. The third-order valence-electron chi connectivity index (χ3n) is 6.73. The van der Waals surface area contributed by atoms with Crippen molar-refractivity contribution >= 4 is 28.6 Å². The van der Waals surface area contributed by atoms with Crippen LogP contribution in [0.4, 0.5) is 0 Å². The van der Waals surface area contributed by atoms with Gasteiger partial charge in [0.25, 0.3) is 0 Å². The topological polar surface area (TPSA) is 86.7 Å². The fourth-order valence-electron chi connectivity index (χ4n) is 5.40. The number of imide groups is 1. The Labute approximate surface area is 182 Å². The molecule has 2 fully saturated rings. The smallest absolute Gasteiger partial charge is 0.324 e. The van der Waals surface area contributed by atoms with Gasteiger partial charge in [-0.3, -0.25) is 24.6 Å². The molecule has 164 valence electrons. The summed E-state index contributed by atoms with van der Waals surface area (Å²) in [6.45, 7) is 6.25. The Balaban J connectivity index is 1.83. The average molecular weight is 423 g/mol. The molecule has 6 nitrogen and oxygen atoms in total. The first kappa shape index (κ1) is 21.5. The Hall–Kier alpha value is -2.73. The van der Waals surface area contributed by atoms with Crippen LogP contribution in [0.2, 0.25) is 0 Å². The fourth-order valence-corrected chi connectivity index (χ4v) is 5.40. The number of hydrogen-bond donors (Lipinski definition) is 2. The second kappa shape index (κ2) is 8.08. The van der Waals surface area contributed by atoms with Crippen molar-refractivity contribution in [3.8, 4) is 0 Å². The van der Waals surface area contributed by atoms with Gasteiger partial charge in [-0.2, -0.15) is 0 Å². The van der Waals surface area contributed by atoms with E-state index < -0.39 is 29.4 Å². The van der Waals surface area contributed by atoms with Crippen molar-refractivity contribution in [2.24, 2.45) is 17.8 Å². The Morgan fingerprint density at radius 3 is 2.48 bits per heavy atom. The van der Waals surface area contributed by atoms with Crippen LogP contribution in [0, 0.1) is 17.8 Å². The fraction of sp³-hybridized carbons (Fsp3) is 0.480. The van der Waals surface area contributed by atoms with Crippen molar-refractivity contribution in [2.75, 3.05) is 6.54 Å². The Bertz CT molecular complexity index is 1030. The van der Waals surface area contributed by atoms with Gasteiger partial charge < -0.3 is 5.11 Å². The largest absolute Gasteiger partial charge is 0.480 e. The molecular weight excluding hydrogens is 392 g/mol. The summed E-state index contributed by atoms with van der Waals surface area (Å²) >= 11 is 0. The van der Waals surface area contributed by atoms with Crippen LogP contribution in [-0.4, -0.2) is 39.9 Å². The number of nitrogens with zero attached hydrogens (tertiary/aromatic N) is 1. The SMILES string of the molecule is CCCCN1C(=O)C2C(c3ccc4ccccc4c3)NC(CC(C)C)(C(=O)O)C2C1=O. The minimum Gasteiger partial charge on any atom is -0.480 e. The number of fused-ring (bicyclic) bond motifs is 2. The summed E-state index contributed by atoms with van der Waals surface area (Å²) in [4.78, 5) is 40.7. The summed E-state index contributed by atoms with van der Waals surface area (Å²) in [5.74, 6) is -3.21. The molecule has 2 aromatic rings. The molecule has 0 saturated carbocycles. The third-order valence-corrected chi connectivity index (χ3v) is 6.73. The highest BCUT2D eigenvalue weighted by Crippen LogP contribution is 2.51. The summed E-state index contributed by atoms with van der Waals surface area (Å²) in [7, 11) is 0. The molecular formula is C25H30N2O4. The molecule has 4 atom stereocenters. The first-order valence-electron chi connectivity index (χ1n) is 11.1. The molecule has 2 saturated heterocycles. The van der Waals surface area contributed by atoms with E-state index in [2.05, 4.69) is 5.32 Å². The molecule has 2 aromatic carbocycles. The molecule has 4 rings (SSSR count). The highest BCUT2D eigenvalue weighted by atomic mass is 16.4. The zero-order valence-corrected chi connectivity index (χ0v) is 18.3. The van der Waals surface area contributed by atoms with Gasteiger partial charge in [-0.15, -0.1) is 0 Å². The predicted molar refractivity (Wildman–Crippen MR) is 118 cm³/mol. The number of benzene rings is 2. The van der Waals surface area contributed by atoms with Crippen LogP contribution >= 0.6 is 0 Å². The van der Waals surface area contributed by atoms with Crippen LogP contribution in [0.1, 0.15) is 51.6 Å². The number of rotatable bonds is 7. The number of nitrogens with one attached hydrogen (secondary N) is 1. The Morgan fingerprint density at radius 1 is 1.13 bits per heavy atom. The van der Waals surface area contributed by atoms with Crippen molar-refractivity contribution in [3.05, 3.63) is 48.0 Å². The number of aliphatic carboxylic acids is 1. The predicted octanol–water partition coefficient (Wildman–Crippen LogP) is 3.75. The van der Waals surface area contributed by atoms with E-state index in [9.17, 15) is 19.5 Å². The normalized spacial score (nSPS) is 28.0. The van der Waals surface area contributed by atoms with Gasteiger partial charge in [0.05, 0.1) is 11.8 Å². The maximum atomic E-state index is 13.4. The number of carboxylic acid groups (broad SMARTS) is 1. The van der Waals surface area contributed by atoms with E-state index in [4.69, 9.17) is 0 Å². The van der Waals surface area contributed by atoms with E-state index >= 15 is 0 Å². The number of hydrogen-bond acceptors (Lipinski definition) is 4. The maximum Gasteiger partial charge on any atom is 0.324 e. The van der Waals surface area contributed by atoms with Gasteiger partial charge in [0.1, 0.15) is 5.54 Å². The van der Waals surface area contributed by atoms with E-state index in [0.29, 0.717) is 6.54 Å². The molecule has 31 heavy (non-hydrogen) atoms. The van der Waals surface area contributed by atoms with Gasteiger partial charge in [0.15, 0.2) is 0 Å². The molecule has 2 N–H and O–H groups in total. The molecule has 2 heterocycles. The minimum absolute atomic E-state index is 0.0483. The van der Waals surface area contributed by atoms with Crippen molar-refractivity contribution in [1.29, 1.82) is 0 Å². The molecule has 0 aliphatic carbocycles. The van der Waals surface area contributed by atoms with Gasteiger partial charge in [0, 0.05) is 12.6 Å². The standard InChI is InChI=1S/C25H30N2O4/c1-4-5-12-27-22(28)19-20(23(27)29)25(24(30)31,14-15(2)3)26-21(19)18-11-10-16-8-6-7-9-17(16)13-18/h6-11,13,15,19-21,26H,4-5,12,14H2,1-3H3,(H,30,31). The van der Waals surface area contributed by atoms with Crippen LogP contribution in [-0.2, 0) is 14.4 Å². The van der Waals surface area contributed by atoms with E-state index in [0.717, 1.165) is 29.2 Å². The monoisotopic (exact) mass is 422 g/mol. The van der Waals surface area contributed by atoms with E-state index in [1.54, 1.807) is 0 Å². The van der Waals surface area contributed by atoms with Crippen LogP contribution in [0.5, 0.6) is 0 Å². The third kappa shape index (κ3) is 3.43. The summed E-state index contributed by atoms with van der Waals surface area (Å²) in [6.07, 6.45) is 1.86.